The van der Waals surface area contributed by atoms with Crippen LogP contribution in [-0.2, 0) is 33.3 Å². The Morgan fingerprint density at radius 3 is 1.59 bits per heavy atom. The van der Waals surface area contributed by atoms with Crippen molar-refractivity contribution in [3.63, 3.8) is 0 Å². The molecule has 23 heteroatoms. The molecule has 0 radical (unpaired) electrons. The first-order valence-corrected chi connectivity index (χ1v) is 16.4. The van der Waals surface area contributed by atoms with Crippen LogP contribution < -0.4 is 14.9 Å². The summed E-state index contributed by atoms with van der Waals surface area (Å²) in [5, 5.41) is 121. The molecule has 0 amide bonds. The third-order valence-corrected chi connectivity index (χ3v) is 9.13. The van der Waals surface area contributed by atoms with Crippen molar-refractivity contribution >= 4 is 28.9 Å². The van der Waals surface area contributed by atoms with Crippen LogP contribution in [0, 0.1) is 0 Å². The number of aromatic hydroxyl groups is 1. The zero-order valence-electron chi connectivity index (χ0n) is 28.1. The number of carboxylic acids is 3. The van der Waals surface area contributed by atoms with Crippen LogP contribution in [0.1, 0.15) is 0 Å². The van der Waals surface area contributed by atoms with Gasteiger partial charge < -0.3 is 94.1 Å². The first kappa shape index (κ1) is 40.6. The smallest absolute Gasteiger partial charge is 0.335 e. The minimum absolute atomic E-state index is 0.0199. The lowest BCUT2D eigenvalue weighted by atomic mass is 9.97. The SMILES string of the molecule is O=C(O)[C@H]1O[C@@H](Oc2ccc(-c3cc(=O)c4c(O)cc(O[C@@H]5O[C@H](C(=O)O)[C@@H](O)[C@H](O)[C@H]5O[C@@H]5O[C@H](C(=O)O)[C@@H](O)[C@H](O)[C@H]5O)cc4o3)cc2)[C@H](O)[C@@H](O)[C@@H]1O. The Kier molecular flexibility index (Phi) is 11.5. The summed E-state index contributed by atoms with van der Waals surface area (Å²) in [6.45, 7) is 0. The Bertz CT molecular complexity index is 2000. The second kappa shape index (κ2) is 15.8. The Labute approximate surface area is 310 Å². The van der Waals surface area contributed by atoms with Crippen molar-refractivity contribution < 1.29 is 109 Å². The van der Waals surface area contributed by atoms with Gasteiger partial charge >= 0.3 is 17.9 Å². The molecule has 304 valence electrons. The van der Waals surface area contributed by atoms with Gasteiger partial charge in [0.05, 0.1) is 0 Å². The van der Waals surface area contributed by atoms with E-state index in [1.807, 2.05) is 0 Å². The monoisotopic (exact) mass is 798 g/mol. The van der Waals surface area contributed by atoms with Crippen LogP contribution in [0.3, 0.4) is 0 Å². The first-order chi connectivity index (χ1) is 26.4. The molecule has 0 unspecified atom stereocenters. The predicted octanol–water partition coefficient (Wildman–Crippen LogP) is -4.38. The van der Waals surface area contributed by atoms with E-state index in [-0.39, 0.29) is 28.0 Å². The number of phenols is 1. The molecular weight excluding hydrogens is 764 g/mol. The maximum Gasteiger partial charge on any atom is 0.335 e. The molecule has 6 rings (SSSR count). The molecule has 1 aromatic heterocycles. The molecule has 0 aliphatic carbocycles. The average Bonchev–Trinajstić information content (AvgIpc) is 3.14. The standard InChI is InChI=1S/C33H34O23/c34-11-5-10(51-33-27(21(41)20(40)26(55-33)30(48)49)56-32-23(43)17(37)19(39)25(54-32)29(46)47)6-14-15(11)12(35)7-13(52-14)8-1-3-9(4-2-8)50-31-22(42)16(36)18(38)24(53-31)28(44)45/h1-7,16-27,31-34,36-43H,(H,44,45)(H,46,47)(H,48,49)/t16-,17-,18-,19-,20-,21-,22+,23+,24-,25-,26-,27+,31+,32-,33+/m0/s1. The van der Waals surface area contributed by atoms with E-state index >= 15 is 0 Å². The van der Waals surface area contributed by atoms with Crippen molar-refractivity contribution in [1.29, 1.82) is 0 Å². The molecule has 23 nitrogen and oxygen atoms in total. The van der Waals surface area contributed by atoms with Crippen molar-refractivity contribution in [1.82, 2.24) is 0 Å². The molecule has 0 saturated carbocycles. The number of hydrogen-bond donors (Lipinski definition) is 12. The molecule has 0 spiro atoms. The summed E-state index contributed by atoms with van der Waals surface area (Å²) >= 11 is 0. The highest BCUT2D eigenvalue weighted by atomic mass is 16.8. The van der Waals surface area contributed by atoms with E-state index in [1.165, 1.54) is 24.3 Å². The largest absolute Gasteiger partial charge is 0.507 e. The lowest BCUT2D eigenvalue weighted by molar-refractivity contribution is -0.350. The Balaban J connectivity index is 1.26. The van der Waals surface area contributed by atoms with Crippen LogP contribution in [0.5, 0.6) is 17.2 Å². The van der Waals surface area contributed by atoms with Gasteiger partial charge in [-0.1, -0.05) is 0 Å². The molecule has 0 bridgehead atoms. The molecule has 3 aliphatic rings. The number of hydrogen-bond acceptors (Lipinski definition) is 20. The van der Waals surface area contributed by atoms with Gasteiger partial charge in [0.15, 0.2) is 36.1 Å². The number of carbonyl (C=O) groups is 3. The molecular formula is C33H34O23. The number of carboxylic acid groups (broad SMARTS) is 3. The van der Waals surface area contributed by atoms with Crippen LogP contribution in [0.4, 0.5) is 0 Å². The zero-order valence-corrected chi connectivity index (χ0v) is 28.1. The molecule has 3 fully saturated rings. The fourth-order valence-electron chi connectivity index (χ4n) is 6.17. The van der Waals surface area contributed by atoms with Crippen LogP contribution in [-0.4, -0.2) is 171 Å². The van der Waals surface area contributed by atoms with Crippen molar-refractivity contribution in [2.24, 2.45) is 0 Å². The zero-order chi connectivity index (χ0) is 40.9. The van der Waals surface area contributed by atoms with Gasteiger partial charge in [0.2, 0.25) is 12.6 Å². The van der Waals surface area contributed by atoms with Gasteiger partial charge in [-0.15, -0.1) is 0 Å². The van der Waals surface area contributed by atoms with Crippen molar-refractivity contribution in [3.8, 4) is 28.6 Å². The highest BCUT2D eigenvalue weighted by Gasteiger charge is 2.54. The summed E-state index contributed by atoms with van der Waals surface area (Å²) in [6, 6.07) is 8.23. The topological polar surface area (TPSA) is 380 Å². The lowest BCUT2D eigenvalue weighted by Gasteiger charge is -2.44. The fourth-order valence-corrected chi connectivity index (χ4v) is 6.17. The molecule has 2 aromatic carbocycles. The second-order valence-corrected chi connectivity index (χ2v) is 12.9. The van der Waals surface area contributed by atoms with E-state index in [0.29, 0.717) is 0 Å². The normalized spacial score (nSPS) is 36.1. The van der Waals surface area contributed by atoms with E-state index in [1.54, 1.807) is 0 Å². The number of fused-ring (bicyclic) bond motifs is 1. The maximum atomic E-state index is 13.1. The summed E-state index contributed by atoms with van der Waals surface area (Å²) in [7, 11) is 0. The summed E-state index contributed by atoms with van der Waals surface area (Å²) in [4.78, 5) is 47.9. The number of phenolic OH excluding ortho intramolecular Hbond substituents is 1. The minimum Gasteiger partial charge on any atom is -0.507 e. The van der Waals surface area contributed by atoms with Gasteiger partial charge in [-0.3, -0.25) is 4.79 Å². The van der Waals surface area contributed by atoms with Crippen LogP contribution >= 0.6 is 0 Å². The van der Waals surface area contributed by atoms with Crippen LogP contribution in [0.25, 0.3) is 22.3 Å². The van der Waals surface area contributed by atoms with Crippen molar-refractivity contribution in [3.05, 3.63) is 52.7 Å². The molecule has 3 aliphatic heterocycles. The third kappa shape index (κ3) is 7.70. The van der Waals surface area contributed by atoms with E-state index in [9.17, 15) is 80.5 Å². The van der Waals surface area contributed by atoms with Gasteiger partial charge in [0, 0.05) is 23.8 Å². The van der Waals surface area contributed by atoms with Gasteiger partial charge in [-0.25, -0.2) is 14.4 Å². The molecule has 4 heterocycles. The first-order valence-electron chi connectivity index (χ1n) is 16.4. The number of benzene rings is 2. The number of ether oxygens (including phenoxy) is 6. The predicted molar refractivity (Wildman–Crippen MR) is 173 cm³/mol. The van der Waals surface area contributed by atoms with Gasteiger partial charge in [0.25, 0.3) is 0 Å². The van der Waals surface area contributed by atoms with Crippen LogP contribution in [0.15, 0.2) is 51.7 Å². The van der Waals surface area contributed by atoms with Crippen molar-refractivity contribution in [2.75, 3.05) is 0 Å². The Hall–Kier alpha value is -5.02. The van der Waals surface area contributed by atoms with Gasteiger partial charge in [0.1, 0.15) is 82.8 Å². The Morgan fingerprint density at radius 2 is 1.04 bits per heavy atom. The van der Waals surface area contributed by atoms with E-state index in [0.717, 1.165) is 18.2 Å². The number of aliphatic hydroxyl groups is 8. The summed E-state index contributed by atoms with van der Waals surface area (Å²) in [5.74, 6) is -6.46. The molecule has 3 saturated heterocycles. The van der Waals surface area contributed by atoms with Gasteiger partial charge in [-0.05, 0) is 24.3 Å². The number of aliphatic hydroxyl groups excluding tert-OH is 8. The number of rotatable bonds is 10. The summed E-state index contributed by atoms with van der Waals surface area (Å²) in [6.07, 6.45) is -30.7. The minimum atomic E-state index is -2.22. The lowest BCUT2D eigenvalue weighted by Crippen LogP contribution is -2.66. The second-order valence-electron chi connectivity index (χ2n) is 12.9. The summed E-state index contributed by atoms with van der Waals surface area (Å²) < 4.78 is 37.9. The van der Waals surface area contributed by atoms with Crippen molar-refractivity contribution in [2.45, 2.75) is 92.1 Å². The molecule has 12 N–H and O–H groups in total. The van der Waals surface area contributed by atoms with E-state index in [4.69, 9.17) is 32.8 Å². The highest BCUT2D eigenvalue weighted by Crippen LogP contribution is 2.36. The Morgan fingerprint density at radius 1 is 0.554 bits per heavy atom. The fraction of sp³-hybridized carbons (Fsp3) is 0.455. The molecule has 15 atom stereocenters. The number of aliphatic carboxylic acids is 3. The van der Waals surface area contributed by atoms with E-state index < -0.39 is 127 Å². The summed E-state index contributed by atoms with van der Waals surface area (Å²) in [5.41, 5.74) is -0.882. The third-order valence-electron chi connectivity index (χ3n) is 9.13. The van der Waals surface area contributed by atoms with E-state index in [2.05, 4.69) is 0 Å². The van der Waals surface area contributed by atoms with Crippen LogP contribution in [0.2, 0.25) is 0 Å². The van der Waals surface area contributed by atoms with Gasteiger partial charge in [-0.2, -0.15) is 0 Å². The highest BCUT2D eigenvalue weighted by molar-refractivity contribution is 5.86. The molecule has 56 heavy (non-hydrogen) atoms. The maximum absolute atomic E-state index is 13.1. The quantitative estimate of drug-likeness (QED) is 0.0921. The molecule has 3 aromatic rings. The average molecular weight is 799 g/mol.